The fourth-order valence-electron chi connectivity index (χ4n) is 1.27. The summed E-state index contributed by atoms with van der Waals surface area (Å²) < 4.78 is 28.2. The molecule has 0 bridgehead atoms. The lowest BCUT2D eigenvalue weighted by molar-refractivity contribution is -0.0498. The summed E-state index contributed by atoms with van der Waals surface area (Å²) in [6.07, 6.45) is 0.176. The summed E-state index contributed by atoms with van der Waals surface area (Å²) in [4.78, 5) is 11.7. The zero-order valence-electron chi connectivity index (χ0n) is 9.85. The summed E-state index contributed by atoms with van der Waals surface area (Å²) in [6.45, 7) is -2.78. The predicted octanol–water partition coefficient (Wildman–Crippen LogP) is 1.15. The largest absolute Gasteiger partial charge is 0.435 e. The standard InChI is InChI=1S/C11H13F2N3O3/c12-11(13)19-8-3-1-2-7(6-8)10(17)15-5-4-9(14)16-18/h1-3,6,11,18H,4-5H2,(H2,14,16)(H,15,17). The summed E-state index contributed by atoms with van der Waals surface area (Å²) in [5.41, 5.74) is 5.40. The highest BCUT2D eigenvalue weighted by Crippen LogP contribution is 2.15. The number of carbonyl (C=O) groups excluding carboxylic acids is 1. The van der Waals surface area contributed by atoms with Gasteiger partial charge in [-0.3, -0.25) is 4.79 Å². The van der Waals surface area contributed by atoms with Gasteiger partial charge in [-0.2, -0.15) is 8.78 Å². The predicted molar refractivity (Wildman–Crippen MR) is 63.4 cm³/mol. The van der Waals surface area contributed by atoms with Gasteiger partial charge < -0.3 is 21.0 Å². The van der Waals surface area contributed by atoms with E-state index in [0.29, 0.717) is 0 Å². The average molecular weight is 273 g/mol. The molecule has 1 aromatic carbocycles. The zero-order valence-corrected chi connectivity index (χ0v) is 9.85. The fourth-order valence-corrected chi connectivity index (χ4v) is 1.27. The Morgan fingerprint density at radius 1 is 1.53 bits per heavy atom. The number of nitrogens with two attached hydrogens (primary N) is 1. The molecule has 0 aliphatic heterocycles. The molecule has 0 atom stereocenters. The van der Waals surface area contributed by atoms with E-state index >= 15 is 0 Å². The first kappa shape index (κ1) is 14.7. The second-order valence-electron chi connectivity index (χ2n) is 3.50. The van der Waals surface area contributed by atoms with E-state index in [9.17, 15) is 13.6 Å². The van der Waals surface area contributed by atoms with Gasteiger partial charge >= 0.3 is 6.61 Å². The Bertz CT molecular complexity index is 466. The van der Waals surface area contributed by atoms with Crippen LogP contribution in [-0.2, 0) is 0 Å². The smallest absolute Gasteiger partial charge is 0.387 e. The third kappa shape index (κ3) is 5.19. The van der Waals surface area contributed by atoms with Crippen molar-refractivity contribution in [3.8, 4) is 5.75 Å². The normalized spacial score (nSPS) is 11.4. The van der Waals surface area contributed by atoms with Gasteiger partial charge in [-0.15, -0.1) is 0 Å². The number of hydrogen-bond acceptors (Lipinski definition) is 4. The van der Waals surface area contributed by atoms with E-state index in [-0.39, 0.29) is 30.1 Å². The zero-order chi connectivity index (χ0) is 14.3. The quantitative estimate of drug-likeness (QED) is 0.313. The third-order valence-corrected chi connectivity index (χ3v) is 2.12. The van der Waals surface area contributed by atoms with E-state index in [1.54, 1.807) is 0 Å². The van der Waals surface area contributed by atoms with Gasteiger partial charge in [-0.05, 0) is 18.2 Å². The Labute approximate surface area is 107 Å². The highest BCUT2D eigenvalue weighted by atomic mass is 19.3. The van der Waals surface area contributed by atoms with Crippen LogP contribution in [0.1, 0.15) is 16.8 Å². The summed E-state index contributed by atoms with van der Waals surface area (Å²) in [5.74, 6) is -0.584. The Kier molecular flexibility index (Phi) is 5.52. The molecule has 19 heavy (non-hydrogen) atoms. The molecule has 0 saturated carbocycles. The first-order chi connectivity index (χ1) is 9.02. The molecule has 0 aliphatic carbocycles. The van der Waals surface area contributed by atoms with Crippen LogP contribution in [0, 0.1) is 0 Å². The van der Waals surface area contributed by atoms with Crippen molar-refractivity contribution in [2.24, 2.45) is 10.9 Å². The molecule has 4 N–H and O–H groups in total. The molecule has 1 aromatic rings. The van der Waals surface area contributed by atoms with Crippen LogP contribution in [0.2, 0.25) is 0 Å². The Morgan fingerprint density at radius 2 is 2.26 bits per heavy atom. The summed E-state index contributed by atoms with van der Waals surface area (Å²) in [7, 11) is 0. The number of benzene rings is 1. The number of halogens is 2. The van der Waals surface area contributed by atoms with Gasteiger partial charge in [0.05, 0.1) is 0 Å². The molecule has 104 valence electrons. The maximum Gasteiger partial charge on any atom is 0.387 e. The van der Waals surface area contributed by atoms with Crippen molar-refractivity contribution in [2.75, 3.05) is 6.54 Å². The molecule has 1 amide bonds. The van der Waals surface area contributed by atoms with Gasteiger partial charge in [0.15, 0.2) is 0 Å². The van der Waals surface area contributed by atoms with Crippen LogP contribution >= 0.6 is 0 Å². The van der Waals surface area contributed by atoms with E-state index < -0.39 is 12.5 Å². The monoisotopic (exact) mass is 273 g/mol. The van der Waals surface area contributed by atoms with Gasteiger partial charge in [-0.1, -0.05) is 11.2 Å². The Balaban J connectivity index is 2.57. The molecule has 0 radical (unpaired) electrons. The number of alkyl halides is 2. The van der Waals surface area contributed by atoms with E-state index in [2.05, 4.69) is 15.2 Å². The van der Waals surface area contributed by atoms with Gasteiger partial charge in [-0.25, -0.2) is 0 Å². The Hall–Kier alpha value is -2.38. The maximum atomic E-state index is 12.0. The lowest BCUT2D eigenvalue weighted by Crippen LogP contribution is -2.28. The summed E-state index contributed by atoms with van der Waals surface area (Å²) in [5, 5.41) is 13.5. The molecule has 0 heterocycles. The van der Waals surface area contributed by atoms with Crippen molar-refractivity contribution in [3.63, 3.8) is 0 Å². The lowest BCUT2D eigenvalue weighted by atomic mass is 10.2. The van der Waals surface area contributed by atoms with Crippen LogP contribution in [0.3, 0.4) is 0 Å². The average Bonchev–Trinajstić information content (AvgIpc) is 2.37. The minimum Gasteiger partial charge on any atom is -0.435 e. The topological polar surface area (TPSA) is 96.9 Å². The minimum atomic E-state index is -2.95. The van der Waals surface area contributed by atoms with Crippen LogP contribution in [-0.4, -0.2) is 30.1 Å². The van der Waals surface area contributed by atoms with Crippen molar-refractivity contribution < 1.29 is 23.5 Å². The van der Waals surface area contributed by atoms with E-state index in [0.717, 1.165) is 0 Å². The van der Waals surface area contributed by atoms with Gasteiger partial charge in [0.25, 0.3) is 5.91 Å². The third-order valence-electron chi connectivity index (χ3n) is 2.12. The van der Waals surface area contributed by atoms with Gasteiger partial charge in [0.2, 0.25) is 0 Å². The first-order valence-electron chi connectivity index (χ1n) is 5.32. The number of amidine groups is 1. The molecule has 0 saturated heterocycles. The molecule has 0 fully saturated rings. The second kappa shape index (κ2) is 7.14. The van der Waals surface area contributed by atoms with Crippen LogP contribution < -0.4 is 15.8 Å². The fraction of sp³-hybridized carbons (Fsp3) is 0.273. The van der Waals surface area contributed by atoms with Crippen LogP contribution in [0.25, 0.3) is 0 Å². The molecular weight excluding hydrogens is 260 g/mol. The number of nitrogens with zero attached hydrogens (tertiary/aromatic N) is 1. The van der Waals surface area contributed by atoms with Crippen LogP contribution in [0.15, 0.2) is 29.4 Å². The highest BCUT2D eigenvalue weighted by molar-refractivity contribution is 5.94. The van der Waals surface area contributed by atoms with E-state index in [4.69, 9.17) is 10.9 Å². The number of oxime groups is 1. The maximum absolute atomic E-state index is 12.0. The summed E-state index contributed by atoms with van der Waals surface area (Å²) >= 11 is 0. The molecule has 8 heteroatoms. The van der Waals surface area contributed by atoms with E-state index in [1.165, 1.54) is 24.3 Å². The SMILES string of the molecule is NC(CCNC(=O)c1cccc(OC(F)F)c1)=NO. The number of nitrogens with one attached hydrogen (secondary N) is 1. The molecule has 1 rings (SSSR count). The second-order valence-corrected chi connectivity index (χ2v) is 3.50. The van der Waals surface area contributed by atoms with Crippen molar-refractivity contribution in [1.82, 2.24) is 5.32 Å². The van der Waals surface area contributed by atoms with Crippen molar-refractivity contribution >= 4 is 11.7 Å². The highest BCUT2D eigenvalue weighted by Gasteiger charge is 2.09. The van der Waals surface area contributed by atoms with Crippen LogP contribution in [0.4, 0.5) is 8.78 Å². The molecule has 0 aromatic heterocycles. The molecule has 0 aliphatic rings. The lowest BCUT2D eigenvalue weighted by Gasteiger charge is -2.07. The van der Waals surface area contributed by atoms with Gasteiger partial charge in [0, 0.05) is 18.5 Å². The number of amides is 1. The minimum absolute atomic E-state index is 0.0184. The number of hydrogen-bond donors (Lipinski definition) is 3. The number of carbonyl (C=O) groups is 1. The molecule has 6 nitrogen and oxygen atoms in total. The van der Waals surface area contributed by atoms with Crippen molar-refractivity contribution in [3.05, 3.63) is 29.8 Å². The number of ether oxygens (including phenoxy) is 1. The van der Waals surface area contributed by atoms with E-state index in [1.807, 2.05) is 0 Å². The molecular formula is C11H13F2N3O3. The van der Waals surface area contributed by atoms with Crippen molar-refractivity contribution in [1.29, 1.82) is 0 Å². The van der Waals surface area contributed by atoms with Gasteiger partial charge in [0.1, 0.15) is 11.6 Å². The van der Waals surface area contributed by atoms with Crippen LogP contribution in [0.5, 0.6) is 5.75 Å². The molecule has 0 spiro atoms. The number of rotatable bonds is 6. The first-order valence-corrected chi connectivity index (χ1v) is 5.32. The van der Waals surface area contributed by atoms with Crippen molar-refractivity contribution in [2.45, 2.75) is 13.0 Å². The summed E-state index contributed by atoms with van der Waals surface area (Å²) in [6, 6.07) is 5.40. The molecule has 0 unspecified atom stereocenters. The Morgan fingerprint density at radius 3 is 2.89 bits per heavy atom.